The van der Waals surface area contributed by atoms with E-state index >= 15 is 0 Å². The molecule has 2 N–H and O–H groups in total. The molecular weight excluding hydrogens is 654 g/mol. The highest BCUT2D eigenvalue weighted by Crippen LogP contribution is 2.32. The molecule has 13 heteroatoms. The molecule has 0 saturated carbocycles. The van der Waals surface area contributed by atoms with Gasteiger partial charge in [0.05, 0.1) is 55.3 Å². The highest BCUT2D eigenvalue weighted by Gasteiger charge is 2.39. The number of carbonyl (C=O) groups is 3. The van der Waals surface area contributed by atoms with Crippen LogP contribution in [0.5, 0.6) is 11.5 Å². The summed E-state index contributed by atoms with van der Waals surface area (Å²) in [6, 6.07) is 11.9. The number of piperidine rings is 1. The fraction of sp³-hybridized carbons (Fsp3) is 0.526. The molecule has 2 aromatic carbocycles. The standard InChI is InChI=1S/C38H49N5O8/c1-6-49-34-18-25(36(46)43-28-8-7-9-29(43)22-48-21-28)11-13-31(34)35(45)39-19-33(44)32-17-24-10-12-30(50-23-27-14-15-40-41(27)5)16-26(24)20-42(32)37(47)51-38(2,3)4/h10-16,18,28-29,32-33,44H,6-9,17,19-23H2,1-5H3,(H,39,45)/t28-,29-,32+,33-/m1/s1. The van der Waals surface area contributed by atoms with Crippen molar-refractivity contribution in [3.8, 4) is 11.5 Å². The molecule has 6 rings (SSSR count). The van der Waals surface area contributed by atoms with Crippen LogP contribution in [0.25, 0.3) is 0 Å². The van der Waals surface area contributed by atoms with Crippen LogP contribution in [0.15, 0.2) is 48.7 Å². The Morgan fingerprint density at radius 1 is 1.04 bits per heavy atom. The zero-order chi connectivity index (χ0) is 36.3. The summed E-state index contributed by atoms with van der Waals surface area (Å²) in [6.07, 6.45) is 3.26. The van der Waals surface area contributed by atoms with Gasteiger partial charge in [0.1, 0.15) is 23.7 Å². The van der Waals surface area contributed by atoms with Gasteiger partial charge < -0.3 is 34.3 Å². The normalized spacial score (nSPS) is 20.6. The van der Waals surface area contributed by atoms with Gasteiger partial charge in [-0.25, -0.2) is 4.79 Å². The third-order valence-corrected chi connectivity index (χ3v) is 9.69. The maximum Gasteiger partial charge on any atom is 0.410 e. The Kier molecular flexibility index (Phi) is 10.9. The van der Waals surface area contributed by atoms with Gasteiger partial charge in [0.15, 0.2) is 0 Å². The molecule has 3 amide bonds. The summed E-state index contributed by atoms with van der Waals surface area (Å²) in [5.74, 6) is 0.381. The lowest BCUT2D eigenvalue weighted by molar-refractivity contribution is -0.0566. The fourth-order valence-corrected chi connectivity index (χ4v) is 7.10. The van der Waals surface area contributed by atoms with Crippen LogP contribution in [0, 0.1) is 0 Å². The Morgan fingerprint density at radius 3 is 2.49 bits per heavy atom. The average Bonchev–Trinajstić information content (AvgIpc) is 3.51. The van der Waals surface area contributed by atoms with Crippen molar-refractivity contribution in [2.45, 2.75) is 96.4 Å². The number of hydrogen-bond acceptors (Lipinski definition) is 9. The SMILES string of the molecule is CCOc1cc(C(=O)N2[C@@H]3CCC[C@@H]2COC3)ccc1C(=O)NC[C@@H](O)[C@@H]1Cc2ccc(OCc3ccnn3C)cc2CN1C(=O)OC(C)(C)C. The van der Waals surface area contributed by atoms with E-state index in [9.17, 15) is 19.5 Å². The van der Waals surface area contributed by atoms with Crippen LogP contribution in [0.4, 0.5) is 4.79 Å². The van der Waals surface area contributed by atoms with Crippen LogP contribution >= 0.6 is 0 Å². The molecule has 1 aromatic heterocycles. The number of hydrogen-bond donors (Lipinski definition) is 2. The van der Waals surface area contributed by atoms with E-state index in [0.717, 1.165) is 36.1 Å². The van der Waals surface area contributed by atoms with Crippen molar-refractivity contribution in [2.75, 3.05) is 26.4 Å². The molecule has 0 unspecified atom stereocenters. The van der Waals surface area contributed by atoms with Gasteiger partial charge in [-0.15, -0.1) is 0 Å². The van der Waals surface area contributed by atoms with Crippen molar-refractivity contribution < 1.29 is 38.4 Å². The Balaban J connectivity index is 1.15. The quantitative estimate of drug-likeness (QED) is 0.317. The zero-order valence-corrected chi connectivity index (χ0v) is 30.1. The van der Waals surface area contributed by atoms with Crippen molar-refractivity contribution in [2.24, 2.45) is 7.05 Å². The first-order chi connectivity index (χ1) is 24.4. The van der Waals surface area contributed by atoms with E-state index < -0.39 is 29.7 Å². The molecule has 0 aliphatic carbocycles. The van der Waals surface area contributed by atoms with Gasteiger partial charge in [0.2, 0.25) is 0 Å². The molecule has 13 nitrogen and oxygen atoms in total. The lowest BCUT2D eigenvalue weighted by atomic mass is 9.91. The van der Waals surface area contributed by atoms with E-state index in [1.54, 1.807) is 49.8 Å². The van der Waals surface area contributed by atoms with Crippen LogP contribution in [-0.4, -0.2) is 98.8 Å². The second-order valence-electron chi connectivity index (χ2n) is 14.5. The molecular formula is C38H49N5O8. The maximum absolute atomic E-state index is 13.6. The number of benzene rings is 2. The number of morpholine rings is 1. The summed E-state index contributed by atoms with van der Waals surface area (Å²) in [7, 11) is 1.85. The smallest absolute Gasteiger partial charge is 0.410 e. The lowest BCUT2D eigenvalue weighted by Gasteiger charge is -2.45. The number of fused-ring (bicyclic) bond motifs is 3. The molecule has 2 fully saturated rings. The van der Waals surface area contributed by atoms with Gasteiger partial charge in [-0.1, -0.05) is 6.07 Å². The van der Waals surface area contributed by atoms with Gasteiger partial charge in [-0.2, -0.15) is 5.10 Å². The Labute approximate surface area is 298 Å². The van der Waals surface area contributed by atoms with Gasteiger partial charge in [0.25, 0.3) is 11.8 Å². The number of aromatic nitrogens is 2. The van der Waals surface area contributed by atoms with Crippen molar-refractivity contribution in [3.05, 3.63) is 76.6 Å². The van der Waals surface area contributed by atoms with Gasteiger partial charge in [0, 0.05) is 31.9 Å². The van der Waals surface area contributed by atoms with Crippen LogP contribution < -0.4 is 14.8 Å². The van der Waals surface area contributed by atoms with Crippen molar-refractivity contribution in [1.29, 1.82) is 0 Å². The topological polar surface area (TPSA) is 145 Å². The van der Waals surface area contributed by atoms with Crippen LogP contribution in [0.2, 0.25) is 0 Å². The van der Waals surface area contributed by atoms with E-state index in [1.165, 1.54) is 4.90 Å². The van der Waals surface area contributed by atoms with Gasteiger partial charge in [-0.05, 0) is 101 Å². The molecule has 0 radical (unpaired) electrons. The minimum atomic E-state index is -1.12. The number of ether oxygens (including phenoxy) is 4. The van der Waals surface area contributed by atoms with Crippen molar-refractivity contribution in [1.82, 2.24) is 24.9 Å². The van der Waals surface area contributed by atoms with Gasteiger partial charge >= 0.3 is 6.09 Å². The summed E-state index contributed by atoms with van der Waals surface area (Å²) in [6.45, 7) is 8.95. The summed E-state index contributed by atoms with van der Waals surface area (Å²) in [5, 5.41) is 18.5. The minimum absolute atomic E-state index is 0.0460. The van der Waals surface area contributed by atoms with E-state index in [1.807, 2.05) is 43.1 Å². The molecule has 3 aromatic rings. The number of aryl methyl sites for hydroxylation is 1. The second-order valence-corrected chi connectivity index (χ2v) is 14.5. The Morgan fingerprint density at radius 2 is 1.80 bits per heavy atom. The predicted octanol–water partition coefficient (Wildman–Crippen LogP) is 4.24. The molecule has 51 heavy (non-hydrogen) atoms. The number of carbonyl (C=O) groups excluding carboxylic acids is 3. The number of aliphatic hydroxyl groups is 1. The first-order valence-electron chi connectivity index (χ1n) is 17.8. The molecule has 2 saturated heterocycles. The zero-order valence-electron chi connectivity index (χ0n) is 30.1. The highest BCUT2D eigenvalue weighted by atomic mass is 16.6. The number of nitrogens with zero attached hydrogens (tertiary/aromatic N) is 4. The molecule has 0 spiro atoms. The molecule has 4 atom stereocenters. The van der Waals surface area contributed by atoms with Crippen LogP contribution in [0.1, 0.15) is 84.5 Å². The van der Waals surface area contributed by atoms with Crippen LogP contribution in [0.3, 0.4) is 0 Å². The molecule has 3 aliphatic rings. The molecule has 2 bridgehead atoms. The summed E-state index contributed by atoms with van der Waals surface area (Å²) in [5.41, 5.74) is 2.71. The number of rotatable bonds is 10. The average molecular weight is 704 g/mol. The Hall–Kier alpha value is -4.62. The molecule has 4 heterocycles. The van der Waals surface area contributed by atoms with E-state index in [4.69, 9.17) is 18.9 Å². The molecule has 3 aliphatic heterocycles. The largest absolute Gasteiger partial charge is 0.493 e. The lowest BCUT2D eigenvalue weighted by Crippen LogP contribution is -2.57. The van der Waals surface area contributed by atoms with E-state index in [2.05, 4.69) is 10.4 Å². The fourth-order valence-electron chi connectivity index (χ4n) is 7.10. The van der Waals surface area contributed by atoms with E-state index in [-0.39, 0.29) is 42.4 Å². The summed E-state index contributed by atoms with van der Waals surface area (Å²) >= 11 is 0. The third-order valence-electron chi connectivity index (χ3n) is 9.69. The predicted molar refractivity (Wildman–Crippen MR) is 188 cm³/mol. The maximum atomic E-state index is 13.6. The number of aliphatic hydroxyl groups excluding tert-OH is 1. The number of nitrogens with one attached hydrogen (secondary N) is 1. The first kappa shape index (κ1) is 36.2. The second kappa shape index (κ2) is 15.3. The van der Waals surface area contributed by atoms with Crippen molar-refractivity contribution in [3.63, 3.8) is 0 Å². The van der Waals surface area contributed by atoms with Crippen LogP contribution in [-0.2, 0) is 36.1 Å². The minimum Gasteiger partial charge on any atom is -0.493 e. The summed E-state index contributed by atoms with van der Waals surface area (Å²) in [4.78, 5) is 44.1. The molecule has 274 valence electrons. The highest BCUT2D eigenvalue weighted by molar-refractivity contribution is 6.00. The Bertz CT molecular complexity index is 1710. The van der Waals surface area contributed by atoms with E-state index in [0.29, 0.717) is 44.2 Å². The summed E-state index contributed by atoms with van der Waals surface area (Å²) < 4.78 is 25.1. The first-order valence-corrected chi connectivity index (χ1v) is 17.8. The number of amides is 3. The van der Waals surface area contributed by atoms with Crippen molar-refractivity contribution >= 4 is 17.9 Å². The third kappa shape index (κ3) is 8.31. The monoisotopic (exact) mass is 703 g/mol. The van der Waals surface area contributed by atoms with Gasteiger partial charge in [-0.3, -0.25) is 19.2 Å².